The van der Waals surface area contributed by atoms with E-state index in [9.17, 15) is 22.4 Å². The normalized spacial score (nSPS) is 12.5. The van der Waals surface area contributed by atoms with Gasteiger partial charge in [0.05, 0.1) is 12.5 Å². The first-order valence-electron chi connectivity index (χ1n) is 8.68. The van der Waals surface area contributed by atoms with Crippen molar-refractivity contribution in [1.29, 1.82) is 0 Å². The van der Waals surface area contributed by atoms with Crippen molar-refractivity contribution in [2.24, 2.45) is 0 Å². The third-order valence-electron chi connectivity index (χ3n) is 4.20. The molecule has 152 valence electrons. The van der Waals surface area contributed by atoms with Crippen LogP contribution < -0.4 is 15.6 Å². The molecule has 2 amide bonds. The molecule has 0 aliphatic carbocycles. The van der Waals surface area contributed by atoms with Crippen molar-refractivity contribution in [3.05, 3.63) is 66.1 Å². The summed E-state index contributed by atoms with van der Waals surface area (Å²) in [4.78, 5) is 26.7. The molecule has 0 radical (unpaired) electrons. The summed E-state index contributed by atoms with van der Waals surface area (Å²) in [6.45, 7) is 1.28. The summed E-state index contributed by atoms with van der Waals surface area (Å²) in [5.41, 5.74) is 6.04. The average molecular weight is 418 g/mol. The van der Waals surface area contributed by atoms with Crippen molar-refractivity contribution >= 4 is 32.7 Å². The molecule has 0 bridgehead atoms. The highest BCUT2D eigenvalue weighted by molar-refractivity contribution is 7.89. The maximum atomic E-state index is 13.7. The molecule has 0 saturated heterocycles. The number of para-hydroxylation sites is 1. The van der Waals surface area contributed by atoms with Crippen LogP contribution in [0.1, 0.15) is 12.5 Å². The van der Waals surface area contributed by atoms with Gasteiger partial charge in [-0.3, -0.25) is 20.4 Å². The third kappa shape index (κ3) is 4.79. The predicted octanol–water partition coefficient (Wildman–Crippen LogP) is 1.36. The molecule has 0 aliphatic rings. The SMILES string of the molecule is C[C@H](NS(=O)(=O)c1ccccc1F)C(=O)NNC(=O)Cc1c[nH]c2ccccc12. The van der Waals surface area contributed by atoms with Crippen LogP contribution in [0.4, 0.5) is 4.39 Å². The van der Waals surface area contributed by atoms with Crippen LogP contribution in [0, 0.1) is 5.82 Å². The van der Waals surface area contributed by atoms with Gasteiger partial charge in [-0.25, -0.2) is 12.8 Å². The molecular weight excluding hydrogens is 399 g/mol. The zero-order valence-corrected chi connectivity index (χ0v) is 16.2. The van der Waals surface area contributed by atoms with Gasteiger partial charge in [0.15, 0.2) is 0 Å². The number of halogens is 1. The number of hydrogen-bond acceptors (Lipinski definition) is 4. The zero-order valence-electron chi connectivity index (χ0n) is 15.4. The van der Waals surface area contributed by atoms with Gasteiger partial charge in [0, 0.05) is 17.1 Å². The van der Waals surface area contributed by atoms with Crippen molar-refractivity contribution < 1.29 is 22.4 Å². The molecule has 29 heavy (non-hydrogen) atoms. The van der Waals surface area contributed by atoms with E-state index >= 15 is 0 Å². The average Bonchev–Trinajstić information content (AvgIpc) is 3.09. The van der Waals surface area contributed by atoms with Gasteiger partial charge in [-0.1, -0.05) is 30.3 Å². The van der Waals surface area contributed by atoms with Gasteiger partial charge in [0.2, 0.25) is 15.9 Å². The van der Waals surface area contributed by atoms with Crippen molar-refractivity contribution in [2.45, 2.75) is 24.3 Å². The Labute approximate surface area is 166 Å². The topological polar surface area (TPSA) is 120 Å². The number of fused-ring (bicyclic) bond motifs is 1. The monoisotopic (exact) mass is 418 g/mol. The number of carbonyl (C=O) groups is 2. The van der Waals surface area contributed by atoms with Crippen LogP contribution >= 0.6 is 0 Å². The molecule has 0 saturated carbocycles. The first-order chi connectivity index (χ1) is 13.8. The smallest absolute Gasteiger partial charge is 0.256 e. The summed E-state index contributed by atoms with van der Waals surface area (Å²) in [6.07, 6.45) is 1.72. The van der Waals surface area contributed by atoms with Crippen LogP contribution in [0.15, 0.2) is 59.6 Å². The third-order valence-corrected chi connectivity index (χ3v) is 5.78. The zero-order chi connectivity index (χ0) is 21.0. The van der Waals surface area contributed by atoms with Crippen LogP contribution in [-0.4, -0.2) is 31.3 Å². The highest BCUT2D eigenvalue weighted by Crippen LogP contribution is 2.18. The Bertz CT molecular complexity index is 1160. The van der Waals surface area contributed by atoms with Gasteiger partial charge in [-0.15, -0.1) is 0 Å². The van der Waals surface area contributed by atoms with Crippen molar-refractivity contribution in [2.75, 3.05) is 0 Å². The Balaban J connectivity index is 1.56. The van der Waals surface area contributed by atoms with Gasteiger partial charge in [0.25, 0.3) is 5.91 Å². The van der Waals surface area contributed by atoms with Gasteiger partial charge < -0.3 is 4.98 Å². The molecule has 1 atom stereocenters. The van der Waals surface area contributed by atoms with E-state index in [1.807, 2.05) is 24.3 Å². The number of aromatic nitrogens is 1. The standard InChI is InChI=1S/C19H19FN4O4S/c1-12(24-29(27,28)17-9-5-3-7-15(17)20)19(26)23-22-18(25)10-13-11-21-16-8-4-2-6-14(13)16/h2-9,11-12,21,24H,10H2,1H3,(H,22,25)(H,23,26)/t12-/m0/s1. The minimum absolute atomic E-state index is 0.0135. The number of hydrogen-bond donors (Lipinski definition) is 4. The molecule has 8 nitrogen and oxygen atoms in total. The summed E-state index contributed by atoms with van der Waals surface area (Å²) >= 11 is 0. The Hall–Kier alpha value is -3.24. The summed E-state index contributed by atoms with van der Waals surface area (Å²) in [5.74, 6) is -2.20. The summed E-state index contributed by atoms with van der Waals surface area (Å²) in [6, 6.07) is 11.0. The van der Waals surface area contributed by atoms with Crippen LogP contribution in [0.5, 0.6) is 0 Å². The highest BCUT2D eigenvalue weighted by atomic mass is 32.2. The lowest BCUT2D eigenvalue weighted by molar-refractivity contribution is -0.129. The molecule has 1 aromatic heterocycles. The Morgan fingerprint density at radius 2 is 1.76 bits per heavy atom. The van der Waals surface area contributed by atoms with E-state index in [1.54, 1.807) is 6.20 Å². The minimum Gasteiger partial charge on any atom is -0.361 e. The number of sulfonamides is 1. The van der Waals surface area contributed by atoms with Crippen molar-refractivity contribution in [3.8, 4) is 0 Å². The lowest BCUT2D eigenvalue weighted by Crippen LogP contribution is -2.51. The second-order valence-electron chi connectivity index (χ2n) is 6.35. The number of aromatic amines is 1. The fourth-order valence-corrected chi connectivity index (χ4v) is 4.03. The second-order valence-corrected chi connectivity index (χ2v) is 8.03. The number of hydrazine groups is 1. The number of carbonyl (C=O) groups excluding carboxylic acids is 2. The van der Waals surface area contributed by atoms with E-state index in [4.69, 9.17) is 0 Å². The number of amides is 2. The summed E-state index contributed by atoms with van der Waals surface area (Å²) in [7, 11) is -4.24. The maximum absolute atomic E-state index is 13.7. The molecule has 3 aromatic rings. The molecule has 1 heterocycles. The Kier molecular flexibility index (Phi) is 5.95. The number of benzene rings is 2. The Morgan fingerprint density at radius 1 is 1.07 bits per heavy atom. The van der Waals surface area contributed by atoms with Gasteiger partial charge in [0.1, 0.15) is 10.7 Å². The van der Waals surface area contributed by atoms with E-state index in [1.165, 1.54) is 19.1 Å². The fourth-order valence-electron chi connectivity index (χ4n) is 2.75. The number of rotatable bonds is 6. The Morgan fingerprint density at radius 3 is 2.52 bits per heavy atom. The lowest BCUT2D eigenvalue weighted by Gasteiger charge is -2.15. The number of H-pyrrole nitrogens is 1. The van der Waals surface area contributed by atoms with Crippen LogP contribution in [0.25, 0.3) is 10.9 Å². The highest BCUT2D eigenvalue weighted by Gasteiger charge is 2.24. The molecule has 0 fully saturated rings. The van der Waals surface area contributed by atoms with Gasteiger partial charge in [-0.2, -0.15) is 4.72 Å². The first kappa shape index (κ1) is 20.5. The minimum atomic E-state index is -4.24. The molecule has 3 rings (SSSR count). The van der Waals surface area contributed by atoms with Crippen LogP contribution in [0.2, 0.25) is 0 Å². The van der Waals surface area contributed by atoms with E-state index in [0.29, 0.717) is 0 Å². The van der Waals surface area contributed by atoms with E-state index in [-0.39, 0.29) is 6.42 Å². The molecule has 0 spiro atoms. The molecule has 4 N–H and O–H groups in total. The van der Waals surface area contributed by atoms with Gasteiger partial charge in [-0.05, 0) is 30.7 Å². The van der Waals surface area contributed by atoms with Crippen molar-refractivity contribution in [3.63, 3.8) is 0 Å². The van der Waals surface area contributed by atoms with Crippen molar-refractivity contribution in [1.82, 2.24) is 20.6 Å². The van der Waals surface area contributed by atoms with E-state index in [2.05, 4.69) is 20.6 Å². The number of nitrogens with one attached hydrogen (secondary N) is 4. The maximum Gasteiger partial charge on any atom is 0.256 e. The van der Waals surface area contributed by atoms with Gasteiger partial charge >= 0.3 is 0 Å². The van der Waals surface area contributed by atoms with Crippen LogP contribution in [0.3, 0.4) is 0 Å². The largest absolute Gasteiger partial charge is 0.361 e. The summed E-state index contributed by atoms with van der Waals surface area (Å²) in [5, 5.41) is 0.889. The quantitative estimate of drug-likeness (QED) is 0.452. The molecule has 2 aromatic carbocycles. The first-order valence-corrected chi connectivity index (χ1v) is 10.2. The van der Waals surface area contributed by atoms with E-state index in [0.717, 1.165) is 28.6 Å². The predicted molar refractivity (Wildman–Crippen MR) is 104 cm³/mol. The second kappa shape index (κ2) is 8.41. The molecule has 0 unspecified atom stereocenters. The van der Waals surface area contributed by atoms with Crippen LogP contribution in [-0.2, 0) is 26.0 Å². The molecule has 10 heteroatoms. The molecule has 0 aliphatic heterocycles. The summed E-state index contributed by atoms with van der Waals surface area (Å²) < 4.78 is 40.2. The lowest BCUT2D eigenvalue weighted by atomic mass is 10.1. The molecular formula is C19H19FN4O4S. The van der Waals surface area contributed by atoms with E-state index < -0.39 is 38.6 Å². The fraction of sp³-hybridized carbons (Fsp3) is 0.158.